The summed E-state index contributed by atoms with van der Waals surface area (Å²) in [6.07, 6.45) is 5.57. The number of imidazole rings is 1. The number of carbonyl (C=O) groups excluding carboxylic acids is 1. The molecule has 5 nitrogen and oxygen atoms in total. The van der Waals surface area contributed by atoms with Crippen LogP contribution in [-0.4, -0.2) is 40.4 Å². The monoisotopic (exact) mass is 324 g/mol. The second kappa shape index (κ2) is 6.30. The van der Waals surface area contributed by atoms with Crippen molar-refractivity contribution in [3.63, 3.8) is 0 Å². The molecular weight excluding hydrogens is 300 g/mol. The van der Waals surface area contributed by atoms with Gasteiger partial charge in [-0.3, -0.25) is 4.79 Å². The standard InChI is InChI=1S/C19H24N4O/c1-14-13-20-19(21-14)17-7-4-10-23(17)18(24)9-12-22-11-8-15-5-2-3-6-16(15)22/h2-3,5-6,13,17H,4,7-12H2,1H3,(H,20,21). The van der Waals surface area contributed by atoms with E-state index in [1.807, 2.05) is 18.0 Å². The van der Waals surface area contributed by atoms with E-state index in [1.54, 1.807) is 0 Å². The number of benzene rings is 1. The van der Waals surface area contributed by atoms with Gasteiger partial charge in [0.1, 0.15) is 5.82 Å². The molecule has 4 rings (SSSR count). The zero-order chi connectivity index (χ0) is 16.5. The summed E-state index contributed by atoms with van der Waals surface area (Å²) in [5.41, 5.74) is 3.75. The lowest BCUT2D eigenvalue weighted by Crippen LogP contribution is -2.34. The quantitative estimate of drug-likeness (QED) is 0.941. The lowest BCUT2D eigenvalue weighted by atomic mass is 10.2. The van der Waals surface area contributed by atoms with E-state index in [1.165, 1.54) is 11.3 Å². The van der Waals surface area contributed by atoms with Gasteiger partial charge in [-0.25, -0.2) is 4.98 Å². The molecule has 0 aliphatic carbocycles. The molecule has 24 heavy (non-hydrogen) atoms. The maximum Gasteiger partial charge on any atom is 0.224 e. The van der Waals surface area contributed by atoms with E-state index in [-0.39, 0.29) is 11.9 Å². The van der Waals surface area contributed by atoms with Gasteiger partial charge in [-0.15, -0.1) is 0 Å². The number of aromatic nitrogens is 2. The van der Waals surface area contributed by atoms with Crippen molar-refractivity contribution in [1.29, 1.82) is 0 Å². The van der Waals surface area contributed by atoms with Gasteiger partial charge in [0, 0.05) is 43.6 Å². The summed E-state index contributed by atoms with van der Waals surface area (Å²) >= 11 is 0. The van der Waals surface area contributed by atoms with Crippen molar-refractivity contribution in [3.8, 4) is 0 Å². The highest BCUT2D eigenvalue weighted by Crippen LogP contribution is 2.31. The molecule has 1 aromatic heterocycles. The Balaban J connectivity index is 1.39. The second-order valence-electron chi connectivity index (χ2n) is 6.81. The van der Waals surface area contributed by atoms with Crippen LogP contribution in [0.15, 0.2) is 30.5 Å². The van der Waals surface area contributed by atoms with Crippen molar-refractivity contribution in [3.05, 3.63) is 47.5 Å². The fraction of sp³-hybridized carbons (Fsp3) is 0.474. The molecule has 1 saturated heterocycles. The number of amides is 1. The third-order valence-corrected chi connectivity index (χ3v) is 5.19. The van der Waals surface area contributed by atoms with Crippen molar-refractivity contribution in [2.75, 3.05) is 24.5 Å². The molecule has 5 heteroatoms. The first-order valence-electron chi connectivity index (χ1n) is 8.86. The van der Waals surface area contributed by atoms with Gasteiger partial charge < -0.3 is 14.8 Å². The van der Waals surface area contributed by atoms with Gasteiger partial charge in [0.05, 0.1) is 6.04 Å². The number of anilines is 1. The van der Waals surface area contributed by atoms with Gasteiger partial charge in [0.15, 0.2) is 0 Å². The number of nitrogens with zero attached hydrogens (tertiary/aromatic N) is 3. The van der Waals surface area contributed by atoms with E-state index in [2.05, 4.69) is 39.1 Å². The summed E-state index contributed by atoms with van der Waals surface area (Å²) < 4.78 is 0. The largest absolute Gasteiger partial charge is 0.370 e. The maximum atomic E-state index is 12.8. The SMILES string of the molecule is Cc1cnc(C2CCCN2C(=O)CCN2CCc3ccccc32)[nH]1. The van der Waals surface area contributed by atoms with Crippen LogP contribution in [0.2, 0.25) is 0 Å². The Morgan fingerprint density at radius 2 is 2.21 bits per heavy atom. The van der Waals surface area contributed by atoms with Crippen molar-refractivity contribution < 1.29 is 4.79 Å². The third-order valence-electron chi connectivity index (χ3n) is 5.19. The molecule has 2 aromatic rings. The minimum Gasteiger partial charge on any atom is -0.370 e. The molecule has 126 valence electrons. The van der Waals surface area contributed by atoms with Crippen LogP contribution in [0.1, 0.15) is 42.4 Å². The van der Waals surface area contributed by atoms with E-state index in [9.17, 15) is 4.79 Å². The van der Waals surface area contributed by atoms with Crippen molar-refractivity contribution in [2.45, 2.75) is 38.6 Å². The molecule has 3 heterocycles. The van der Waals surface area contributed by atoms with E-state index in [0.29, 0.717) is 6.42 Å². The van der Waals surface area contributed by atoms with E-state index >= 15 is 0 Å². The van der Waals surface area contributed by atoms with Gasteiger partial charge in [-0.1, -0.05) is 18.2 Å². The molecule has 0 spiro atoms. The third kappa shape index (κ3) is 2.79. The Kier molecular flexibility index (Phi) is 4.00. The average Bonchev–Trinajstić information content (AvgIpc) is 3.31. The molecule has 1 atom stereocenters. The number of aryl methyl sites for hydroxylation is 1. The zero-order valence-corrected chi connectivity index (χ0v) is 14.2. The summed E-state index contributed by atoms with van der Waals surface area (Å²) in [5.74, 6) is 1.18. The van der Waals surface area contributed by atoms with Crippen LogP contribution >= 0.6 is 0 Å². The Morgan fingerprint density at radius 3 is 3.04 bits per heavy atom. The highest BCUT2D eigenvalue weighted by molar-refractivity contribution is 5.77. The van der Waals surface area contributed by atoms with Crippen LogP contribution in [0.4, 0.5) is 5.69 Å². The van der Waals surface area contributed by atoms with Crippen LogP contribution in [-0.2, 0) is 11.2 Å². The molecule has 1 N–H and O–H groups in total. The number of fused-ring (bicyclic) bond motifs is 1. The summed E-state index contributed by atoms with van der Waals surface area (Å²) in [4.78, 5) is 24.9. The first-order chi connectivity index (χ1) is 11.7. The summed E-state index contributed by atoms with van der Waals surface area (Å²) in [7, 11) is 0. The lowest BCUT2D eigenvalue weighted by molar-refractivity contribution is -0.132. The van der Waals surface area contributed by atoms with E-state index in [4.69, 9.17) is 0 Å². The molecule has 1 unspecified atom stereocenters. The van der Waals surface area contributed by atoms with Gasteiger partial charge in [-0.05, 0) is 37.8 Å². The smallest absolute Gasteiger partial charge is 0.224 e. The minimum absolute atomic E-state index is 0.122. The number of rotatable bonds is 4. The van der Waals surface area contributed by atoms with Gasteiger partial charge >= 0.3 is 0 Å². The van der Waals surface area contributed by atoms with Crippen LogP contribution in [0.5, 0.6) is 0 Å². The molecule has 1 aromatic carbocycles. The molecule has 1 amide bonds. The van der Waals surface area contributed by atoms with Crippen molar-refractivity contribution in [2.24, 2.45) is 0 Å². The Morgan fingerprint density at radius 1 is 1.33 bits per heavy atom. The minimum atomic E-state index is 0.122. The lowest BCUT2D eigenvalue weighted by Gasteiger charge is -2.25. The van der Waals surface area contributed by atoms with Crippen molar-refractivity contribution >= 4 is 11.6 Å². The van der Waals surface area contributed by atoms with E-state index < -0.39 is 0 Å². The van der Waals surface area contributed by atoms with Crippen LogP contribution in [0.25, 0.3) is 0 Å². The number of H-pyrrole nitrogens is 1. The first kappa shape index (κ1) is 15.2. The van der Waals surface area contributed by atoms with Crippen LogP contribution in [0, 0.1) is 6.92 Å². The van der Waals surface area contributed by atoms with Crippen LogP contribution < -0.4 is 4.90 Å². The molecule has 2 aliphatic heterocycles. The van der Waals surface area contributed by atoms with Gasteiger partial charge in [0.2, 0.25) is 5.91 Å². The van der Waals surface area contributed by atoms with E-state index in [0.717, 1.165) is 50.4 Å². The van der Waals surface area contributed by atoms with Gasteiger partial charge in [0.25, 0.3) is 0 Å². The summed E-state index contributed by atoms with van der Waals surface area (Å²) in [6.45, 7) is 4.67. The Hall–Kier alpha value is -2.30. The molecule has 1 fully saturated rings. The molecular formula is C19H24N4O. The number of carbonyl (C=O) groups is 1. The molecule has 0 bridgehead atoms. The fourth-order valence-electron chi connectivity index (χ4n) is 3.96. The highest BCUT2D eigenvalue weighted by Gasteiger charge is 2.32. The Labute approximate surface area is 142 Å². The maximum absolute atomic E-state index is 12.8. The first-order valence-corrected chi connectivity index (χ1v) is 8.86. The number of likely N-dealkylation sites (tertiary alicyclic amines) is 1. The summed E-state index contributed by atoms with van der Waals surface area (Å²) in [6, 6.07) is 8.64. The highest BCUT2D eigenvalue weighted by atomic mass is 16.2. The fourth-order valence-corrected chi connectivity index (χ4v) is 3.96. The number of aromatic amines is 1. The van der Waals surface area contributed by atoms with Crippen molar-refractivity contribution in [1.82, 2.24) is 14.9 Å². The zero-order valence-electron chi connectivity index (χ0n) is 14.2. The second-order valence-corrected chi connectivity index (χ2v) is 6.81. The number of hydrogen-bond acceptors (Lipinski definition) is 3. The predicted octanol–water partition coefficient (Wildman–Crippen LogP) is 2.83. The summed E-state index contributed by atoms with van der Waals surface area (Å²) in [5, 5.41) is 0. The van der Waals surface area contributed by atoms with Crippen LogP contribution in [0.3, 0.4) is 0 Å². The number of para-hydroxylation sites is 1. The topological polar surface area (TPSA) is 52.2 Å². The number of nitrogens with one attached hydrogen (secondary N) is 1. The molecule has 2 aliphatic rings. The molecule has 0 radical (unpaired) electrons. The van der Waals surface area contributed by atoms with Gasteiger partial charge in [-0.2, -0.15) is 0 Å². The predicted molar refractivity (Wildman–Crippen MR) is 94.0 cm³/mol. The normalized spacial score (nSPS) is 19.8. The Bertz CT molecular complexity index is 738. The average molecular weight is 324 g/mol. The number of hydrogen-bond donors (Lipinski definition) is 1. The molecule has 0 saturated carbocycles.